The van der Waals surface area contributed by atoms with Crippen molar-refractivity contribution in [2.24, 2.45) is 0 Å². The summed E-state index contributed by atoms with van der Waals surface area (Å²) in [6.45, 7) is 0. The summed E-state index contributed by atoms with van der Waals surface area (Å²) >= 11 is 0. The maximum absolute atomic E-state index is 8.56. The summed E-state index contributed by atoms with van der Waals surface area (Å²) in [5.41, 5.74) is 7.86. The second-order valence-corrected chi connectivity index (χ2v) is 6.56. The van der Waals surface area contributed by atoms with Gasteiger partial charge in [-0.2, -0.15) is 0 Å². The van der Waals surface area contributed by atoms with Crippen molar-refractivity contribution >= 4 is 57.4 Å². The molecule has 0 aromatic carbocycles. The Morgan fingerprint density at radius 2 is 0.900 bits per heavy atom. The molecule has 7 nitrogen and oxygen atoms in total. The van der Waals surface area contributed by atoms with Crippen molar-refractivity contribution in [3.63, 3.8) is 0 Å². The van der Waals surface area contributed by atoms with Crippen LogP contribution in [0.15, 0.2) is 48.5 Å². The van der Waals surface area contributed by atoms with E-state index in [1.165, 1.54) is 0 Å². The largest absolute Gasteiger partial charge is 0.439 e. The Hall–Kier alpha value is -2.48. The first-order valence-corrected chi connectivity index (χ1v) is 9.39. The molecule has 30 heavy (non-hydrogen) atoms. The summed E-state index contributed by atoms with van der Waals surface area (Å²) in [6, 6.07) is 16.4. The molecule has 0 spiro atoms. The van der Waals surface area contributed by atoms with Crippen LogP contribution < -0.4 is 0 Å². The van der Waals surface area contributed by atoms with Crippen LogP contribution in [0.2, 0.25) is 0 Å². The van der Waals surface area contributed by atoms with Crippen LogP contribution in [0.1, 0.15) is 22.8 Å². The maximum Gasteiger partial charge on any atom is 0.0659 e. The molecular formula is C20H15Co2N4O3S-. The molecule has 0 unspecified atom stereocenters. The maximum atomic E-state index is 8.56. The molecule has 2 radical (unpaired) electrons. The Morgan fingerprint density at radius 1 is 0.600 bits per heavy atom. The molecule has 8 bridgehead atoms. The molecule has 0 fully saturated rings. The Morgan fingerprint density at radius 3 is 1.27 bits per heavy atom. The first kappa shape index (κ1) is 23.8. The number of fused-ring (bicyclic) bond motifs is 8. The van der Waals surface area contributed by atoms with Gasteiger partial charge in [-0.1, -0.05) is 0 Å². The fourth-order valence-corrected chi connectivity index (χ4v) is 2.94. The van der Waals surface area contributed by atoms with E-state index in [0.717, 1.165) is 44.8 Å². The van der Waals surface area contributed by atoms with E-state index in [1.54, 1.807) is 0 Å². The molecule has 0 saturated heterocycles. The van der Waals surface area contributed by atoms with Gasteiger partial charge in [-0.3, -0.25) is 0 Å². The van der Waals surface area contributed by atoms with E-state index in [0.29, 0.717) is 0 Å². The molecular weight excluding hydrogens is 494 g/mol. The minimum atomic E-state index is -2.86. The third-order valence-corrected chi connectivity index (χ3v) is 4.04. The smallest absolute Gasteiger partial charge is 0.0659 e. The Bertz CT molecular complexity index is 1240. The third-order valence-electron chi connectivity index (χ3n) is 4.04. The molecule has 5 heterocycles. The normalized spacial score (nSPS) is 11.3. The molecule has 0 saturated carbocycles. The van der Waals surface area contributed by atoms with Crippen LogP contribution >= 0.6 is 0 Å². The number of nitrogens with zero attached hydrogens (tertiary/aromatic N) is 2. The van der Waals surface area contributed by atoms with E-state index in [1.807, 2.05) is 42.5 Å². The van der Waals surface area contributed by atoms with Gasteiger partial charge in [0.2, 0.25) is 0 Å². The topological polar surface area (TPSA) is 112 Å². The van der Waals surface area contributed by atoms with Crippen molar-refractivity contribution < 1.29 is 46.5 Å². The van der Waals surface area contributed by atoms with Crippen molar-refractivity contribution in [3.8, 4) is 0 Å². The standard InChI is InChI=1S/C20H14N4.2Co.HO3S/c1-2-14-10-16-5-6-18(23-16)12-20-8-7-19(24-20)11-17-4-3-15(22-17)9-13(1)21-14;;;1-4(2)3/h1-12,21-22H;;;(H,1,2,3)/q;;;-1. The molecule has 3 aromatic rings. The average molecular weight is 509 g/mol. The monoisotopic (exact) mass is 509 g/mol. The molecule has 0 aliphatic carbocycles. The van der Waals surface area contributed by atoms with Crippen molar-refractivity contribution in [2.45, 2.75) is 0 Å². The Kier molecular flexibility index (Phi) is 8.35. The molecule has 3 aromatic heterocycles. The fourth-order valence-electron chi connectivity index (χ4n) is 2.94. The SMILES string of the molecule is C1=Cc2cc3ccc(cc4ccc(cc5nc(cc1n2)C=C5)[nH]4)[nH]3.O=[S-](=O)O.[Co].[Co]. The van der Waals surface area contributed by atoms with Crippen molar-refractivity contribution in [1.82, 2.24) is 19.9 Å². The number of aromatic nitrogens is 4. The van der Waals surface area contributed by atoms with E-state index >= 15 is 0 Å². The van der Waals surface area contributed by atoms with E-state index in [-0.39, 0.29) is 33.6 Å². The van der Waals surface area contributed by atoms with Crippen molar-refractivity contribution in [2.75, 3.05) is 0 Å². The van der Waals surface area contributed by atoms with Gasteiger partial charge in [0.15, 0.2) is 0 Å². The zero-order valence-corrected chi connectivity index (χ0v) is 18.1. The number of hydrogen-bond acceptors (Lipinski definition) is 5. The van der Waals surface area contributed by atoms with Gasteiger partial charge >= 0.3 is 0 Å². The zero-order valence-electron chi connectivity index (χ0n) is 15.2. The Labute approximate surface area is 194 Å². The number of aromatic amines is 2. The van der Waals surface area contributed by atoms with Gasteiger partial charge in [-0.05, 0) is 72.8 Å². The number of hydrogen-bond donors (Lipinski definition) is 3. The van der Waals surface area contributed by atoms with Crippen molar-refractivity contribution in [1.29, 1.82) is 0 Å². The summed E-state index contributed by atoms with van der Waals surface area (Å²) in [5, 5.41) is 0. The number of H-pyrrole nitrogens is 2. The van der Waals surface area contributed by atoms with E-state index in [4.69, 9.17) is 13.0 Å². The molecule has 10 heteroatoms. The van der Waals surface area contributed by atoms with Crippen LogP contribution in [0.3, 0.4) is 0 Å². The second-order valence-electron chi connectivity index (χ2n) is 6.12. The molecule has 2 aliphatic rings. The molecule has 0 atom stereocenters. The summed E-state index contributed by atoms with van der Waals surface area (Å²) < 4.78 is 24.1. The Balaban J connectivity index is 0.000000494. The van der Waals surface area contributed by atoms with Crippen LogP contribution in [0.4, 0.5) is 0 Å². The van der Waals surface area contributed by atoms with E-state index in [2.05, 4.69) is 50.3 Å². The second kappa shape index (κ2) is 10.5. The summed E-state index contributed by atoms with van der Waals surface area (Å²) in [4.78, 5) is 16.0. The predicted molar refractivity (Wildman–Crippen MR) is 110 cm³/mol. The fraction of sp³-hybridized carbons (Fsp3) is 0. The van der Waals surface area contributed by atoms with Gasteiger partial charge < -0.3 is 22.9 Å². The van der Waals surface area contributed by atoms with Gasteiger partial charge in [0.25, 0.3) is 0 Å². The first-order chi connectivity index (χ1) is 13.5. The summed E-state index contributed by atoms with van der Waals surface area (Å²) in [6.07, 6.45) is 8.05. The van der Waals surface area contributed by atoms with Gasteiger partial charge in [0.1, 0.15) is 0 Å². The zero-order chi connectivity index (χ0) is 19.5. The number of nitrogens with one attached hydrogen (secondary N) is 2. The van der Waals surface area contributed by atoms with Gasteiger partial charge in [0.05, 0.1) is 22.8 Å². The predicted octanol–water partition coefficient (Wildman–Crippen LogP) is 4.42. The van der Waals surface area contributed by atoms with Crippen LogP contribution in [0.5, 0.6) is 0 Å². The molecule has 3 N–H and O–H groups in total. The summed E-state index contributed by atoms with van der Waals surface area (Å²) in [7, 11) is -2.86. The van der Waals surface area contributed by atoms with Gasteiger partial charge in [-0.15, -0.1) is 0 Å². The van der Waals surface area contributed by atoms with Gasteiger partial charge in [-0.25, -0.2) is 9.97 Å². The van der Waals surface area contributed by atoms with Crippen LogP contribution in [-0.2, 0) is 53.0 Å². The minimum absolute atomic E-state index is 0. The molecule has 2 aliphatic heterocycles. The van der Waals surface area contributed by atoms with Crippen LogP contribution in [-0.4, -0.2) is 24.5 Å². The molecule has 158 valence electrons. The van der Waals surface area contributed by atoms with Crippen LogP contribution in [0.25, 0.3) is 46.4 Å². The number of rotatable bonds is 0. The van der Waals surface area contributed by atoms with Crippen LogP contribution in [0, 0.1) is 0 Å². The third kappa shape index (κ3) is 6.26. The summed E-state index contributed by atoms with van der Waals surface area (Å²) in [5.74, 6) is 0. The van der Waals surface area contributed by atoms with Gasteiger partial charge in [0, 0.05) is 66.6 Å². The first-order valence-electron chi connectivity index (χ1n) is 8.36. The molecule has 0 amide bonds. The molecule has 5 rings (SSSR count). The van der Waals surface area contributed by atoms with E-state index < -0.39 is 11.0 Å². The van der Waals surface area contributed by atoms with Crippen molar-refractivity contribution in [3.05, 3.63) is 71.3 Å². The minimum Gasteiger partial charge on any atom is -0.439 e. The average Bonchev–Trinajstić information content (AvgIpc) is 3.39. The van der Waals surface area contributed by atoms with E-state index in [9.17, 15) is 0 Å². The quantitative estimate of drug-likeness (QED) is 0.163.